The molecule has 5 heteroatoms. The Balaban J connectivity index is 2.08. The fourth-order valence-corrected chi connectivity index (χ4v) is 3.00. The third-order valence-electron chi connectivity index (χ3n) is 3.14. The molecule has 0 bridgehead atoms. The molecule has 0 aliphatic rings. The van der Waals surface area contributed by atoms with Gasteiger partial charge in [-0.25, -0.2) is 4.98 Å². The van der Waals surface area contributed by atoms with Gasteiger partial charge in [-0.1, -0.05) is 12.1 Å². The summed E-state index contributed by atoms with van der Waals surface area (Å²) >= 11 is 1.38. The summed E-state index contributed by atoms with van der Waals surface area (Å²) in [4.78, 5) is 17.1. The molecule has 1 heterocycles. The minimum absolute atomic E-state index is 0.160. The summed E-state index contributed by atoms with van der Waals surface area (Å²) in [5.74, 6) is 0.965. The molecular weight excluding hydrogens is 286 g/mol. The molecular formula is C16H13NO3S. The zero-order chi connectivity index (χ0) is 14.8. The number of ether oxygens (including phenoxy) is 2. The maximum Gasteiger partial charge on any atom is 0.225 e. The average molecular weight is 299 g/mol. The van der Waals surface area contributed by atoms with Crippen LogP contribution in [0.15, 0.2) is 42.5 Å². The molecule has 4 nitrogen and oxygen atoms in total. The molecule has 1 aromatic heterocycles. The molecule has 0 fully saturated rings. The van der Waals surface area contributed by atoms with Crippen LogP contribution < -0.4 is 9.47 Å². The van der Waals surface area contributed by atoms with Crippen LogP contribution in [-0.2, 0) is 0 Å². The maximum absolute atomic E-state index is 12.7. The highest BCUT2D eigenvalue weighted by atomic mass is 32.1. The van der Waals surface area contributed by atoms with Crippen LogP contribution >= 0.6 is 11.3 Å². The normalized spacial score (nSPS) is 10.6. The van der Waals surface area contributed by atoms with E-state index < -0.39 is 0 Å². The van der Waals surface area contributed by atoms with Crippen molar-refractivity contribution in [3.63, 3.8) is 0 Å². The van der Waals surface area contributed by atoms with Gasteiger partial charge in [-0.05, 0) is 30.3 Å². The van der Waals surface area contributed by atoms with Crippen molar-refractivity contribution in [2.75, 3.05) is 14.2 Å². The Labute approximate surface area is 126 Å². The van der Waals surface area contributed by atoms with E-state index in [9.17, 15) is 4.79 Å². The summed E-state index contributed by atoms with van der Waals surface area (Å²) in [5, 5.41) is 0.447. The van der Waals surface area contributed by atoms with E-state index in [4.69, 9.17) is 9.47 Å². The van der Waals surface area contributed by atoms with Crippen LogP contribution in [0.2, 0.25) is 0 Å². The number of methoxy groups -OCH3 is 2. The van der Waals surface area contributed by atoms with Crippen LogP contribution in [0.25, 0.3) is 10.2 Å². The molecule has 3 rings (SSSR count). The van der Waals surface area contributed by atoms with E-state index in [0.29, 0.717) is 22.1 Å². The molecule has 0 aliphatic carbocycles. The highest BCUT2D eigenvalue weighted by molar-refractivity contribution is 7.20. The van der Waals surface area contributed by atoms with Crippen LogP contribution in [-0.4, -0.2) is 25.0 Å². The Kier molecular flexibility index (Phi) is 3.58. The van der Waals surface area contributed by atoms with E-state index in [1.165, 1.54) is 18.4 Å². The number of carbonyl (C=O) groups excluding carboxylic acids is 1. The highest BCUT2D eigenvalue weighted by Crippen LogP contribution is 2.29. The lowest BCUT2D eigenvalue weighted by molar-refractivity contribution is 0.103. The highest BCUT2D eigenvalue weighted by Gasteiger charge is 2.19. The van der Waals surface area contributed by atoms with Gasteiger partial charge < -0.3 is 9.47 Å². The van der Waals surface area contributed by atoms with Gasteiger partial charge in [-0.3, -0.25) is 4.79 Å². The van der Waals surface area contributed by atoms with E-state index >= 15 is 0 Å². The van der Waals surface area contributed by atoms with E-state index in [1.54, 1.807) is 25.3 Å². The van der Waals surface area contributed by atoms with Gasteiger partial charge in [0.2, 0.25) is 5.78 Å². The van der Waals surface area contributed by atoms with Crippen molar-refractivity contribution in [1.29, 1.82) is 0 Å². The first-order valence-electron chi connectivity index (χ1n) is 6.35. The number of nitrogens with zero attached hydrogens (tertiary/aromatic N) is 1. The average Bonchev–Trinajstić information content (AvgIpc) is 2.97. The van der Waals surface area contributed by atoms with Crippen LogP contribution in [0.1, 0.15) is 15.4 Å². The van der Waals surface area contributed by atoms with E-state index in [1.807, 2.05) is 24.3 Å². The summed E-state index contributed by atoms with van der Waals surface area (Å²) in [6.45, 7) is 0. The third-order valence-corrected chi connectivity index (χ3v) is 4.17. The quantitative estimate of drug-likeness (QED) is 0.691. The van der Waals surface area contributed by atoms with Crippen molar-refractivity contribution in [2.45, 2.75) is 0 Å². The van der Waals surface area contributed by atoms with Gasteiger partial charge in [0.25, 0.3) is 0 Å². The monoisotopic (exact) mass is 299 g/mol. The number of hydrogen-bond acceptors (Lipinski definition) is 5. The molecule has 0 spiro atoms. The van der Waals surface area contributed by atoms with Crippen LogP contribution in [0.4, 0.5) is 0 Å². The summed E-state index contributed by atoms with van der Waals surface area (Å²) in [5.41, 5.74) is 1.28. The summed E-state index contributed by atoms with van der Waals surface area (Å²) in [6.07, 6.45) is 0. The summed E-state index contributed by atoms with van der Waals surface area (Å²) in [6, 6.07) is 12.8. The van der Waals surface area contributed by atoms with Crippen molar-refractivity contribution in [3.05, 3.63) is 53.0 Å². The lowest BCUT2D eigenvalue weighted by Crippen LogP contribution is -2.04. The molecule has 0 unspecified atom stereocenters. The van der Waals surface area contributed by atoms with E-state index in [0.717, 1.165) is 10.2 Å². The third kappa shape index (κ3) is 2.48. The first-order valence-corrected chi connectivity index (χ1v) is 7.17. The van der Waals surface area contributed by atoms with Gasteiger partial charge in [-0.2, -0.15) is 0 Å². The number of benzene rings is 2. The van der Waals surface area contributed by atoms with Gasteiger partial charge in [0.05, 0.1) is 30.0 Å². The lowest BCUT2D eigenvalue weighted by Gasteiger charge is -2.08. The summed E-state index contributed by atoms with van der Waals surface area (Å²) < 4.78 is 11.4. The fraction of sp³-hybridized carbons (Fsp3) is 0.125. The molecule has 0 N–H and O–H groups in total. The van der Waals surface area contributed by atoms with Crippen molar-refractivity contribution >= 4 is 27.3 Å². The molecule has 2 aromatic carbocycles. The second kappa shape index (κ2) is 5.54. The summed E-state index contributed by atoms with van der Waals surface area (Å²) in [7, 11) is 3.10. The molecule has 0 aliphatic heterocycles. The van der Waals surface area contributed by atoms with Gasteiger partial charge >= 0.3 is 0 Å². The minimum atomic E-state index is -0.160. The number of hydrogen-bond donors (Lipinski definition) is 0. The molecule has 21 heavy (non-hydrogen) atoms. The van der Waals surface area contributed by atoms with Crippen molar-refractivity contribution in [3.8, 4) is 11.5 Å². The Morgan fingerprint density at radius 1 is 1.10 bits per heavy atom. The predicted molar refractivity (Wildman–Crippen MR) is 82.6 cm³/mol. The van der Waals surface area contributed by atoms with Crippen molar-refractivity contribution < 1.29 is 14.3 Å². The number of carbonyl (C=O) groups is 1. The Bertz CT molecular complexity index is 777. The standard InChI is InChI=1S/C16H13NO3S/c1-19-10-7-8-13(20-2)11(9-10)15(18)16-17-12-5-3-4-6-14(12)21-16/h3-9H,1-2H3. The lowest BCUT2D eigenvalue weighted by atomic mass is 10.1. The first kappa shape index (κ1) is 13.6. The van der Waals surface area contributed by atoms with Gasteiger partial charge in [0.15, 0.2) is 5.01 Å². The number of thiazole rings is 1. The predicted octanol–water partition coefficient (Wildman–Crippen LogP) is 3.54. The minimum Gasteiger partial charge on any atom is -0.497 e. The molecule has 0 saturated heterocycles. The van der Waals surface area contributed by atoms with Gasteiger partial charge in [0.1, 0.15) is 11.5 Å². The number of fused-ring (bicyclic) bond motifs is 1. The molecule has 3 aromatic rings. The Hall–Kier alpha value is -2.40. The van der Waals surface area contributed by atoms with E-state index in [-0.39, 0.29) is 5.78 Å². The second-order valence-electron chi connectivity index (χ2n) is 4.38. The Morgan fingerprint density at radius 3 is 2.62 bits per heavy atom. The van der Waals surface area contributed by atoms with Crippen molar-refractivity contribution in [1.82, 2.24) is 4.98 Å². The second-order valence-corrected chi connectivity index (χ2v) is 5.41. The fourth-order valence-electron chi connectivity index (χ4n) is 2.08. The number of ketones is 1. The zero-order valence-electron chi connectivity index (χ0n) is 11.6. The first-order chi connectivity index (χ1) is 10.2. The molecule has 0 saturated carbocycles. The molecule has 106 valence electrons. The molecule has 0 amide bonds. The van der Waals surface area contributed by atoms with Crippen molar-refractivity contribution in [2.24, 2.45) is 0 Å². The number of rotatable bonds is 4. The Morgan fingerprint density at radius 2 is 1.90 bits per heavy atom. The maximum atomic E-state index is 12.7. The molecule has 0 atom stereocenters. The number of aromatic nitrogens is 1. The zero-order valence-corrected chi connectivity index (χ0v) is 12.4. The molecule has 0 radical (unpaired) electrons. The SMILES string of the molecule is COc1ccc(OC)c(C(=O)c2nc3ccccc3s2)c1. The van der Waals surface area contributed by atoms with Crippen LogP contribution in [0.3, 0.4) is 0 Å². The topological polar surface area (TPSA) is 48.4 Å². The number of para-hydroxylation sites is 1. The largest absolute Gasteiger partial charge is 0.497 e. The van der Waals surface area contributed by atoms with Crippen LogP contribution in [0.5, 0.6) is 11.5 Å². The van der Waals surface area contributed by atoms with Gasteiger partial charge in [-0.15, -0.1) is 11.3 Å². The van der Waals surface area contributed by atoms with Gasteiger partial charge in [0, 0.05) is 0 Å². The van der Waals surface area contributed by atoms with E-state index in [2.05, 4.69) is 4.98 Å². The van der Waals surface area contributed by atoms with Crippen LogP contribution in [0, 0.1) is 0 Å². The smallest absolute Gasteiger partial charge is 0.225 e.